The second-order valence-corrected chi connectivity index (χ2v) is 10.4. The van der Waals surface area contributed by atoms with Crippen LogP contribution in [0.5, 0.6) is 0 Å². The zero-order valence-electron chi connectivity index (χ0n) is 20.3. The average molecular weight is 479 g/mol. The van der Waals surface area contributed by atoms with E-state index in [0.717, 1.165) is 60.1 Å². The fourth-order valence-corrected chi connectivity index (χ4v) is 5.47. The minimum atomic E-state index is -0.720. The molecule has 0 atom stereocenters. The number of benzene rings is 2. The van der Waals surface area contributed by atoms with Crippen LogP contribution in [-0.2, 0) is 17.6 Å². The van der Waals surface area contributed by atoms with Crippen molar-refractivity contribution in [1.82, 2.24) is 14.3 Å². The lowest BCUT2D eigenvalue weighted by Crippen LogP contribution is -2.45. The molecule has 180 valence electrons. The molecule has 2 aromatic carbocycles. The van der Waals surface area contributed by atoms with Crippen molar-refractivity contribution in [2.75, 3.05) is 25.4 Å². The predicted octanol–water partition coefficient (Wildman–Crippen LogP) is 5.48. The van der Waals surface area contributed by atoms with Crippen LogP contribution in [0.15, 0.2) is 36.4 Å². The van der Waals surface area contributed by atoms with E-state index >= 15 is 0 Å². The summed E-state index contributed by atoms with van der Waals surface area (Å²) in [5, 5.41) is 9.74. The molecule has 1 aromatic heterocycles. The zero-order chi connectivity index (χ0) is 24.2. The Morgan fingerprint density at radius 1 is 1.26 bits per heavy atom. The van der Waals surface area contributed by atoms with Crippen molar-refractivity contribution in [1.29, 1.82) is 0 Å². The Kier molecular flexibility index (Phi) is 7.63. The van der Waals surface area contributed by atoms with Crippen LogP contribution < -0.4 is 5.73 Å². The third-order valence-electron chi connectivity index (χ3n) is 6.52. The maximum absolute atomic E-state index is 10.8. The summed E-state index contributed by atoms with van der Waals surface area (Å²) < 4.78 is 4.71. The van der Waals surface area contributed by atoms with E-state index < -0.39 is 5.97 Å². The van der Waals surface area contributed by atoms with Crippen molar-refractivity contribution in [2.24, 2.45) is 5.92 Å². The first-order valence-corrected chi connectivity index (χ1v) is 12.9. The lowest BCUT2D eigenvalue weighted by Gasteiger charge is -2.40. The first-order chi connectivity index (χ1) is 16.4. The number of nitrogen functional groups attached to an aromatic ring is 1. The number of carbonyl (C=O) groups is 1. The van der Waals surface area contributed by atoms with Crippen molar-refractivity contribution in [3.63, 3.8) is 0 Å². The van der Waals surface area contributed by atoms with Crippen molar-refractivity contribution < 1.29 is 9.90 Å². The van der Waals surface area contributed by atoms with Crippen molar-refractivity contribution in [3.05, 3.63) is 53.1 Å². The Balaban J connectivity index is 1.51. The lowest BCUT2D eigenvalue weighted by molar-refractivity contribution is -0.137. The fraction of sp³-hybridized carbons (Fsp3) is 0.444. The van der Waals surface area contributed by atoms with E-state index in [1.54, 1.807) is 0 Å². The van der Waals surface area contributed by atoms with Gasteiger partial charge in [0.15, 0.2) is 5.82 Å². The summed E-state index contributed by atoms with van der Waals surface area (Å²) in [4.78, 5) is 18.0. The van der Waals surface area contributed by atoms with E-state index in [1.165, 1.54) is 28.2 Å². The predicted molar refractivity (Wildman–Crippen MR) is 139 cm³/mol. The Morgan fingerprint density at radius 2 is 2.06 bits per heavy atom. The summed E-state index contributed by atoms with van der Waals surface area (Å²) in [5.74, 6) is 1.10. The highest BCUT2D eigenvalue weighted by Crippen LogP contribution is 2.36. The quantitative estimate of drug-likeness (QED) is 0.375. The monoisotopic (exact) mass is 478 g/mol. The smallest absolute Gasteiger partial charge is 0.303 e. The van der Waals surface area contributed by atoms with Crippen LogP contribution in [0.3, 0.4) is 0 Å². The summed E-state index contributed by atoms with van der Waals surface area (Å²) in [5.41, 5.74) is 13.1. The molecule has 0 amide bonds. The highest BCUT2D eigenvalue weighted by molar-refractivity contribution is 7.09. The van der Waals surface area contributed by atoms with E-state index in [4.69, 9.17) is 20.2 Å². The van der Waals surface area contributed by atoms with Crippen LogP contribution in [0.25, 0.3) is 22.0 Å². The summed E-state index contributed by atoms with van der Waals surface area (Å²) in [6.07, 6.45) is 2.84. The van der Waals surface area contributed by atoms with Crippen LogP contribution >= 0.6 is 11.5 Å². The molecule has 0 saturated carbocycles. The molecular formula is C27H34N4O2S. The molecule has 0 unspecified atom stereocenters. The third kappa shape index (κ3) is 5.47. The Labute approximate surface area is 206 Å². The maximum Gasteiger partial charge on any atom is 0.303 e. The normalized spacial score (nSPS) is 14.5. The van der Waals surface area contributed by atoms with Gasteiger partial charge in [-0.1, -0.05) is 51.1 Å². The minimum Gasteiger partial charge on any atom is -0.481 e. The molecule has 4 rings (SSSR count). The number of carboxylic acid groups (broad SMARTS) is 1. The standard InChI is InChI=1S/C27H34N4O2S/c1-4-21-22(20-15-31(16-20)12-6-9-25(32)33)7-5-8-23(21)26-29-27(34-30-26)19-11-10-18(13-17(2)3)24(28)14-19/h5,7-8,10-11,14,17,20H,4,6,9,12-13,15-16,28H2,1-3H3,(H,32,33). The number of carboxylic acids is 1. The number of hydrogen-bond donors (Lipinski definition) is 2. The van der Waals surface area contributed by atoms with Gasteiger partial charge in [-0.25, -0.2) is 4.98 Å². The van der Waals surface area contributed by atoms with Gasteiger partial charge in [0.25, 0.3) is 0 Å². The van der Waals surface area contributed by atoms with Crippen molar-refractivity contribution in [3.8, 4) is 22.0 Å². The van der Waals surface area contributed by atoms with E-state index in [-0.39, 0.29) is 6.42 Å². The van der Waals surface area contributed by atoms with E-state index in [9.17, 15) is 4.79 Å². The molecule has 0 aliphatic carbocycles. The van der Waals surface area contributed by atoms with Crippen LogP contribution in [0, 0.1) is 5.92 Å². The molecule has 0 spiro atoms. The van der Waals surface area contributed by atoms with Crippen molar-refractivity contribution >= 4 is 23.2 Å². The minimum absolute atomic E-state index is 0.237. The molecular weight excluding hydrogens is 444 g/mol. The lowest BCUT2D eigenvalue weighted by atomic mass is 9.85. The SMILES string of the molecule is CCc1c(-c2nsc(-c3ccc(CC(C)C)c(N)c3)n2)cccc1C1CN(CCCC(=O)O)C1. The number of nitrogens with two attached hydrogens (primary N) is 1. The molecule has 6 nitrogen and oxygen atoms in total. The van der Waals surface area contributed by atoms with Gasteiger partial charge < -0.3 is 15.7 Å². The summed E-state index contributed by atoms with van der Waals surface area (Å²) >= 11 is 1.42. The van der Waals surface area contributed by atoms with Gasteiger partial charge in [-0.3, -0.25) is 4.79 Å². The fourth-order valence-electron chi connectivity index (χ4n) is 4.80. The summed E-state index contributed by atoms with van der Waals surface area (Å²) in [6.45, 7) is 9.39. The molecule has 1 aliphatic rings. The number of rotatable bonds is 10. The number of nitrogens with zero attached hydrogens (tertiary/aromatic N) is 3. The van der Waals surface area contributed by atoms with E-state index in [0.29, 0.717) is 18.3 Å². The van der Waals surface area contributed by atoms with Gasteiger partial charge in [0.05, 0.1) is 0 Å². The molecule has 34 heavy (non-hydrogen) atoms. The summed E-state index contributed by atoms with van der Waals surface area (Å²) in [7, 11) is 0. The van der Waals surface area contributed by atoms with Gasteiger partial charge in [0.2, 0.25) is 0 Å². The number of anilines is 1. The summed E-state index contributed by atoms with van der Waals surface area (Å²) in [6, 6.07) is 12.7. The van der Waals surface area contributed by atoms with Crippen molar-refractivity contribution in [2.45, 2.75) is 52.4 Å². The first kappa shape index (κ1) is 24.4. The second kappa shape index (κ2) is 10.7. The molecule has 1 fully saturated rings. The molecule has 7 heteroatoms. The molecule has 1 aliphatic heterocycles. The Hall–Kier alpha value is -2.77. The zero-order valence-corrected chi connectivity index (χ0v) is 21.1. The molecule has 2 heterocycles. The number of hydrogen-bond acceptors (Lipinski definition) is 6. The molecule has 0 radical (unpaired) electrons. The molecule has 3 N–H and O–H groups in total. The highest BCUT2D eigenvalue weighted by Gasteiger charge is 2.30. The molecule has 0 bridgehead atoms. The maximum atomic E-state index is 10.8. The average Bonchev–Trinajstić information content (AvgIpc) is 3.26. The van der Waals surface area contributed by atoms with E-state index in [2.05, 4.69) is 56.0 Å². The first-order valence-electron chi connectivity index (χ1n) is 12.1. The van der Waals surface area contributed by atoms with Gasteiger partial charge in [-0.15, -0.1) is 0 Å². The Bertz CT molecular complexity index is 1150. The number of aromatic nitrogens is 2. The van der Waals surface area contributed by atoms with Gasteiger partial charge in [0, 0.05) is 42.2 Å². The molecule has 1 saturated heterocycles. The highest BCUT2D eigenvalue weighted by atomic mass is 32.1. The van der Waals surface area contributed by atoms with Crippen LogP contribution in [-0.4, -0.2) is 45.0 Å². The number of likely N-dealkylation sites (tertiary alicyclic amines) is 1. The van der Waals surface area contributed by atoms with Gasteiger partial charge in [-0.05, 0) is 66.0 Å². The third-order valence-corrected chi connectivity index (χ3v) is 7.28. The second-order valence-electron chi connectivity index (χ2n) is 9.62. The van der Waals surface area contributed by atoms with Crippen LogP contribution in [0.2, 0.25) is 0 Å². The largest absolute Gasteiger partial charge is 0.481 e. The van der Waals surface area contributed by atoms with Gasteiger partial charge in [-0.2, -0.15) is 4.37 Å². The topological polar surface area (TPSA) is 92.3 Å². The van der Waals surface area contributed by atoms with E-state index in [1.807, 2.05) is 6.07 Å². The van der Waals surface area contributed by atoms with Crippen LogP contribution in [0.4, 0.5) is 5.69 Å². The Morgan fingerprint density at radius 3 is 2.74 bits per heavy atom. The van der Waals surface area contributed by atoms with Gasteiger partial charge >= 0.3 is 5.97 Å². The van der Waals surface area contributed by atoms with Gasteiger partial charge in [0.1, 0.15) is 5.01 Å². The molecule has 3 aromatic rings. The number of aliphatic carboxylic acids is 1. The van der Waals surface area contributed by atoms with Crippen LogP contribution in [0.1, 0.15) is 56.2 Å².